The van der Waals surface area contributed by atoms with Gasteiger partial charge in [-0.05, 0) is 77.0 Å². The van der Waals surface area contributed by atoms with Gasteiger partial charge in [0.15, 0.2) is 11.4 Å². The fourth-order valence-corrected chi connectivity index (χ4v) is 5.47. The van der Waals surface area contributed by atoms with Crippen LogP contribution in [0.25, 0.3) is 0 Å². The molecule has 5 nitrogen and oxygen atoms in total. The number of aromatic nitrogens is 1. The molecule has 0 radical (unpaired) electrons. The topological polar surface area (TPSA) is 72.6 Å². The molecule has 4 aliphatic rings. The van der Waals surface area contributed by atoms with E-state index in [1.807, 2.05) is 6.92 Å². The van der Waals surface area contributed by atoms with Crippen molar-refractivity contribution in [3.63, 3.8) is 0 Å². The summed E-state index contributed by atoms with van der Waals surface area (Å²) >= 11 is 0. The highest BCUT2D eigenvalue weighted by Gasteiger charge is 2.54. The van der Waals surface area contributed by atoms with E-state index in [0.717, 1.165) is 29.3 Å². The summed E-state index contributed by atoms with van der Waals surface area (Å²) in [5, 5.41) is 9.18. The fraction of sp³-hybridized carbons (Fsp3) is 0.789. The molecule has 5 rings (SSSR count). The summed E-state index contributed by atoms with van der Waals surface area (Å²) in [4.78, 5) is 15.9. The fourth-order valence-electron chi connectivity index (χ4n) is 5.47. The number of carboxylic acids is 1. The zero-order valence-corrected chi connectivity index (χ0v) is 14.8. The van der Waals surface area contributed by atoms with Crippen molar-refractivity contribution in [2.45, 2.75) is 76.9 Å². The number of carbonyl (C=O) groups is 1. The summed E-state index contributed by atoms with van der Waals surface area (Å²) in [6, 6.07) is 0. The molecule has 0 aromatic carbocycles. The van der Waals surface area contributed by atoms with Gasteiger partial charge in [-0.3, -0.25) is 0 Å². The van der Waals surface area contributed by atoms with E-state index in [0.29, 0.717) is 5.76 Å². The van der Waals surface area contributed by atoms with E-state index in [9.17, 15) is 9.90 Å². The smallest absolute Gasteiger partial charge is 0.335 e. The number of carboxylic acid groups (broad SMARTS) is 1. The molecule has 0 atom stereocenters. The summed E-state index contributed by atoms with van der Waals surface area (Å²) in [5.74, 6) is 3.11. The lowest BCUT2D eigenvalue weighted by Gasteiger charge is -2.55. The van der Waals surface area contributed by atoms with Crippen molar-refractivity contribution in [2.24, 2.45) is 17.8 Å². The van der Waals surface area contributed by atoms with Crippen LogP contribution in [-0.4, -0.2) is 21.7 Å². The monoisotopic (exact) mass is 333 g/mol. The van der Waals surface area contributed by atoms with Gasteiger partial charge in [0.1, 0.15) is 6.61 Å². The molecule has 1 aromatic heterocycles. The Bertz CT molecular complexity index is 625. The second-order valence-corrected chi connectivity index (χ2v) is 8.83. The van der Waals surface area contributed by atoms with Gasteiger partial charge in [-0.1, -0.05) is 0 Å². The van der Waals surface area contributed by atoms with Crippen molar-refractivity contribution >= 4 is 5.97 Å². The lowest BCUT2D eigenvalue weighted by molar-refractivity contribution is -0.163. The highest BCUT2D eigenvalue weighted by molar-refractivity contribution is 5.76. The lowest BCUT2D eigenvalue weighted by Crippen LogP contribution is -2.48. The van der Waals surface area contributed by atoms with Crippen LogP contribution in [0.1, 0.15) is 69.7 Å². The lowest BCUT2D eigenvalue weighted by atomic mass is 9.49. The Morgan fingerprint density at radius 1 is 1.25 bits per heavy atom. The molecule has 4 fully saturated rings. The number of rotatable bonds is 5. The molecule has 0 aliphatic heterocycles. The number of aryl methyl sites for hydroxylation is 1. The molecule has 1 N–H and O–H groups in total. The largest absolute Gasteiger partial charge is 0.479 e. The summed E-state index contributed by atoms with van der Waals surface area (Å²) in [7, 11) is 0. The van der Waals surface area contributed by atoms with Crippen molar-refractivity contribution < 1.29 is 19.1 Å². The van der Waals surface area contributed by atoms with Gasteiger partial charge in [0.2, 0.25) is 5.89 Å². The van der Waals surface area contributed by atoms with Crippen LogP contribution in [0.2, 0.25) is 0 Å². The first kappa shape index (κ1) is 16.1. The van der Waals surface area contributed by atoms with Gasteiger partial charge in [-0.15, -0.1) is 0 Å². The van der Waals surface area contributed by atoms with Crippen LogP contribution < -0.4 is 0 Å². The van der Waals surface area contributed by atoms with Gasteiger partial charge < -0.3 is 14.3 Å². The Balaban J connectivity index is 1.55. The number of nitrogens with zero attached hydrogens (tertiary/aromatic N) is 1. The number of aliphatic carboxylic acids is 1. The first-order chi connectivity index (χ1) is 11.3. The zero-order chi connectivity index (χ0) is 17.1. The standard InChI is InChI=1S/C19H27NO4/c1-11-15(10-23-18(2,3)17(21)22)24-16(20-11)19-7-12-4-13(8-19)6-14(5-12)9-19/h12-14H,4-10H2,1-3H3,(H,21,22). The number of hydrogen-bond donors (Lipinski definition) is 1. The van der Waals surface area contributed by atoms with E-state index in [2.05, 4.69) is 0 Å². The Morgan fingerprint density at radius 3 is 2.29 bits per heavy atom. The van der Waals surface area contributed by atoms with Gasteiger partial charge in [-0.2, -0.15) is 0 Å². The van der Waals surface area contributed by atoms with Gasteiger partial charge in [0.25, 0.3) is 0 Å². The van der Waals surface area contributed by atoms with Crippen LogP contribution in [0.3, 0.4) is 0 Å². The van der Waals surface area contributed by atoms with Crippen molar-refractivity contribution in [3.8, 4) is 0 Å². The molecule has 132 valence electrons. The molecule has 0 unspecified atom stereocenters. The molecule has 4 bridgehead atoms. The summed E-state index contributed by atoms with van der Waals surface area (Å²) in [5.41, 5.74) is -0.262. The van der Waals surface area contributed by atoms with E-state index < -0.39 is 11.6 Å². The van der Waals surface area contributed by atoms with Crippen LogP contribution in [0.4, 0.5) is 0 Å². The molecule has 1 heterocycles. The molecule has 0 saturated heterocycles. The molecule has 0 amide bonds. The Labute approximate surface area is 142 Å². The molecular formula is C19H27NO4. The van der Waals surface area contributed by atoms with Gasteiger partial charge in [0, 0.05) is 5.41 Å². The maximum Gasteiger partial charge on any atom is 0.335 e. The third kappa shape index (κ3) is 2.57. The highest BCUT2D eigenvalue weighted by Crippen LogP contribution is 2.60. The van der Waals surface area contributed by atoms with E-state index in [1.54, 1.807) is 13.8 Å². The van der Waals surface area contributed by atoms with Crippen molar-refractivity contribution in [1.82, 2.24) is 4.98 Å². The number of hydrogen-bond acceptors (Lipinski definition) is 4. The quantitative estimate of drug-likeness (QED) is 0.886. The molecule has 4 aliphatic carbocycles. The maximum absolute atomic E-state index is 11.2. The van der Waals surface area contributed by atoms with Crippen LogP contribution in [0, 0.1) is 24.7 Å². The predicted octanol–water partition coefficient (Wildman–Crippen LogP) is 3.83. The van der Waals surface area contributed by atoms with Crippen molar-refractivity contribution in [1.29, 1.82) is 0 Å². The molecule has 5 heteroatoms. The molecule has 4 saturated carbocycles. The minimum Gasteiger partial charge on any atom is -0.479 e. The second-order valence-electron chi connectivity index (χ2n) is 8.83. The predicted molar refractivity (Wildman–Crippen MR) is 87.6 cm³/mol. The average Bonchev–Trinajstić information content (AvgIpc) is 2.86. The van der Waals surface area contributed by atoms with E-state index in [-0.39, 0.29) is 12.0 Å². The third-order valence-corrected chi connectivity index (χ3v) is 6.46. The molecule has 24 heavy (non-hydrogen) atoms. The molecular weight excluding hydrogens is 306 g/mol. The summed E-state index contributed by atoms with van der Waals surface area (Å²) in [6.45, 7) is 5.20. The van der Waals surface area contributed by atoms with Gasteiger partial charge in [-0.25, -0.2) is 9.78 Å². The molecule has 1 aromatic rings. The molecule has 0 spiro atoms. The number of ether oxygens (including phenoxy) is 1. The Morgan fingerprint density at radius 2 is 1.79 bits per heavy atom. The van der Waals surface area contributed by atoms with E-state index in [1.165, 1.54) is 38.5 Å². The summed E-state index contributed by atoms with van der Waals surface area (Å²) in [6.07, 6.45) is 7.80. The highest BCUT2D eigenvalue weighted by atomic mass is 16.5. The second kappa shape index (κ2) is 5.32. The van der Waals surface area contributed by atoms with Crippen molar-refractivity contribution in [2.75, 3.05) is 0 Å². The van der Waals surface area contributed by atoms with E-state index >= 15 is 0 Å². The minimum atomic E-state index is -1.22. The number of oxazole rings is 1. The SMILES string of the molecule is Cc1nc(C23CC4CC(CC(C4)C2)C3)oc1COC(C)(C)C(=O)O. The van der Waals surface area contributed by atoms with Crippen molar-refractivity contribution in [3.05, 3.63) is 17.3 Å². The first-order valence-corrected chi connectivity index (χ1v) is 9.11. The first-order valence-electron chi connectivity index (χ1n) is 9.11. The van der Waals surface area contributed by atoms with Crippen LogP contribution >= 0.6 is 0 Å². The Kier molecular flexibility index (Phi) is 3.57. The van der Waals surface area contributed by atoms with Crippen LogP contribution in [0.5, 0.6) is 0 Å². The maximum atomic E-state index is 11.2. The Hall–Kier alpha value is -1.36. The average molecular weight is 333 g/mol. The minimum absolute atomic E-state index is 0.125. The van der Waals surface area contributed by atoms with Gasteiger partial charge in [0.05, 0.1) is 5.69 Å². The van der Waals surface area contributed by atoms with Gasteiger partial charge >= 0.3 is 5.97 Å². The zero-order valence-electron chi connectivity index (χ0n) is 14.8. The van der Waals surface area contributed by atoms with Crippen LogP contribution in [-0.2, 0) is 21.6 Å². The summed E-state index contributed by atoms with van der Waals surface area (Å²) < 4.78 is 11.7. The van der Waals surface area contributed by atoms with E-state index in [4.69, 9.17) is 14.1 Å². The third-order valence-electron chi connectivity index (χ3n) is 6.46. The normalized spacial score (nSPS) is 34.7. The van der Waals surface area contributed by atoms with Crippen LogP contribution in [0.15, 0.2) is 4.42 Å².